The second-order valence-electron chi connectivity index (χ2n) is 4.34. The number of anilines is 1. The molecule has 5 N–H and O–H groups in total. The summed E-state index contributed by atoms with van der Waals surface area (Å²) in [6.45, 7) is 1.38. The molecule has 20 heavy (non-hydrogen) atoms. The minimum atomic E-state index is -1.29. The summed E-state index contributed by atoms with van der Waals surface area (Å²) in [6.07, 6.45) is -3.29. The SMILES string of the molecule is CCOC(=O)c1ncn([C@@H]2O[C@H](CO)[C@H](O)[C@H]2O)c1N. The van der Waals surface area contributed by atoms with Gasteiger partial charge in [-0.1, -0.05) is 0 Å². The highest BCUT2D eigenvalue weighted by molar-refractivity contribution is 5.92. The Morgan fingerprint density at radius 2 is 2.25 bits per heavy atom. The number of nitrogen functional groups attached to an aromatic ring is 1. The summed E-state index contributed by atoms with van der Waals surface area (Å²) in [5.74, 6) is -0.728. The van der Waals surface area contributed by atoms with E-state index < -0.39 is 37.1 Å². The molecule has 2 heterocycles. The topological polar surface area (TPSA) is 140 Å². The van der Waals surface area contributed by atoms with E-state index in [0.717, 1.165) is 0 Å². The van der Waals surface area contributed by atoms with Crippen molar-refractivity contribution in [3.63, 3.8) is 0 Å². The van der Waals surface area contributed by atoms with Gasteiger partial charge in [-0.05, 0) is 6.92 Å². The molecule has 112 valence electrons. The van der Waals surface area contributed by atoms with Gasteiger partial charge in [-0.2, -0.15) is 0 Å². The predicted molar refractivity (Wildman–Crippen MR) is 65.6 cm³/mol. The van der Waals surface area contributed by atoms with Crippen molar-refractivity contribution in [2.24, 2.45) is 0 Å². The molecule has 4 atom stereocenters. The van der Waals surface area contributed by atoms with Gasteiger partial charge in [0.05, 0.1) is 19.5 Å². The second kappa shape index (κ2) is 5.75. The first-order valence-electron chi connectivity index (χ1n) is 6.13. The van der Waals surface area contributed by atoms with Gasteiger partial charge in [0, 0.05) is 0 Å². The van der Waals surface area contributed by atoms with Crippen LogP contribution in [0.25, 0.3) is 0 Å². The maximum Gasteiger partial charge on any atom is 0.360 e. The Bertz CT molecular complexity index is 491. The molecule has 1 saturated heterocycles. The van der Waals surface area contributed by atoms with Crippen molar-refractivity contribution in [1.29, 1.82) is 0 Å². The Balaban J connectivity index is 2.24. The van der Waals surface area contributed by atoms with Crippen LogP contribution in [0.4, 0.5) is 5.82 Å². The molecule has 9 heteroatoms. The first-order valence-corrected chi connectivity index (χ1v) is 6.13. The van der Waals surface area contributed by atoms with Crippen LogP contribution in [0.5, 0.6) is 0 Å². The van der Waals surface area contributed by atoms with Crippen LogP contribution >= 0.6 is 0 Å². The molecular formula is C11H17N3O6. The van der Waals surface area contributed by atoms with E-state index in [0.29, 0.717) is 0 Å². The third-order valence-corrected chi connectivity index (χ3v) is 3.09. The smallest absolute Gasteiger partial charge is 0.360 e. The summed E-state index contributed by atoms with van der Waals surface area (Å²) in [4.78, 5) is 15.4. The molecular weight excluding hydrogens is 270 g/mol. The Kier molecular flexibility index (Phi) is 4.23. The molecule has 0 bridgehead atoms. The average Bonchev–Trinajstić information content (AvgIpc) is 2.93. The Hall–Kier alpha value is -1.68. The number of hydrogen-bond acceptors (Lipinski definition) is 8. The van der Waals surface area contributed by atoms with Crippen LogP contribution in [0, 0.1) is 0 Å². The van der Waals surface area contributed by atoms with Crippen molar-refractivity contribution in [3.8, 4) is 0 Å². The van der Waals surface area contributed by atoms with E-state index in [9.17, 15) is 15.0 Å². The molecule has 1 aliphatic rings. The van der Waals surface area contributed by atoms with Crippen LogP contribution in [-0.2, 0) is 9.47 Å². The molecule has 1 aliphatic heterocycles. The number of aromatic nitrogens is 2. The first kappa shape index (κ1) is 14.7. The molecule has 0 saturated carbocycles. The fourth-order valence-electron chi connectivity index (χ4n) is 2.04. The summed E-state index contributed by atoms with van der Waals surface area (Å²) in [6, 6.07) is 0. The summed E-state index contributed by atoms with van der Waals surface area (Å²) in [7, 11) is 0. The highest BCUT2D eigenvalue weighted by atomic mass is 16.6. The molecule has 0 aliphatic carbocycles. The number of imidazole rings is 1. The number of aliphatic hydroxyl groups is 3. The van der Waals surface area contributed by atoms with E-state index in [2.05, 4.69) is 4.98 Å². The fourth-order valence-corrected chi connectivity index (χ4v) is 2.04. The molecule has 0 radical (unpaired) electrons. The summed E-state index contributed by atoms with van der Waals surface area (Å²) in [5, 5.41) is 28.6. The van der Waals surface area contributed by atoms with Crippen LogP contribution in [0.15, 0.2) is 6.33 Å². The van der Waals surface area contributed by atoms with E-state index in [1.54, 1.807) is 6.92 Å². The van der Waals surface area contributed by atoms with Crippen molar-refractivity contribution < 1.29 is 29.6 Å². The number of aliphatic hydroxyl groups excluding tert-OH is 3. The second-order valence-corrected chi connectivity index (χ2v) is 4.34. The molecule has 0 unspecified atom stereocenters. The zero-order valence-electron chi connectivity index (χ0n) is 10.8. The van der Waals surface area contributed by atoms with Gasteiger partial charge in [0.2, 0.25) is 0 Å². The summed E-state index contributed by atoms with van der Waals surface area (Å²) < 4.78 is 11.3. The number of esters is 1. The lowest BCUT2D eigenvalue weighted by Crippen LogP contribution is -2.33. The van der Waals surface area contributed by atoms with Gasteiger partial charge >= 0.3 is 5.97 Å². The Labute approximate surface area is 114 Å². The number of hydrogen-bond donors (Lipinski definition) is 4. The van der Waals surface area contributed by atoms with Gasteiger partial charge in [-0.25, -0.2) is 9.78 Å². The van der Waals surface area contributed by atoms with Gasteiger partial charge in [-0.15, -0.1) is 0 Å². The minimum Gasteiger partial charge on any atom is -0.461 e. The Morgan fingerprint density at radius 3 is 2.80 bits per heavy atom. The normalized spacial score (nSPS) is 29.6. The fraction of sp³-hybridized carbons (Fsp3) is 0.636. The van der Waals surface area contributed by atoms with Crippen molar-refractivity contribution in [2.75, 3.05) is 18.9 Å². The number of nitrogens with two attached hydrogens (primary N) is 1. The average molecular weight is 287 g/mol. The molecule has 0 spiro atoms. The molecule has 1 fully saturated rings. The lowest BCUT2D eigenvalue weighted by molar-refractivity contribution is -0.0518. The number of nitrogens with zero attached hydrogens (tertiary/aromatic N) is 2. The molecule has 1 aromatic heterocycles. The highest BCUT2D eigenvalue weighted by Gasteiger charge is 2.44. The zero-order valence-corrected chi connectivity index (χ0v) is 10.8. The summed E-state index contributed by atoms with van der Waals surface area (Å²) >= 11 is 0. The Morgan fingerprint density at radius 1 is 1.55 bits per heavy atom. The number of carbonyl (C=O) groups is 1. The van der Waals surface area contributed by atoms with Crippen molar-refractivity contribution in [1.82, 2.24) is 9.55 Å². The first-order chi connectivity index (χ1) is 9.51. The van der Waals surface area contributed by atoms with Crippen LogP contribution in [-0.4, -0.2) is 62.4 Å². The quantitative estimate of drug-likeness (QED) is 0.478. The predicted octanol–water partition coefficient (Wildman–Crippen LogP) is -1.75. The third-order valence-electron chi connectivity index (χ3n) is 3.09. The van der Waals surface area contributed by atoms with Crippen molar-refractivity contribution >= 4 is 11.8 Å². The van der Waals surface area contributed by atoms with Crippen molar-refractivity contribution in [2.45, 2.75) is 31.5 Å². The molecule has 1 aromatic rings. The maximum absolute atomic E-state index is 11.6. The standard InChI is InChI=1S/C11H17N3O6/c1-2-19-11(18)6-9(12)14(4-13-6)10-8(17)7(16)5(3-15)20-10/h4-5,7-8,10,15-17H,2-3,12H2,1H3/t5-,7+,8-,10-/m1/s1. The summed E-state index contributed by atoms with van der Waals surface area (Å²) in [5.41, 5.74) is 5.68. The zero-order chi connectivity index (χ0) is 14.9. The van der Waals surface area contributed by atoms with E-state index in [4.69, 9.17) is 20.3 Å². The minimum absolute atomic E-state index is 0.0433. The largest absolute Gasteiger partial charge is 0.461 e. The third kappa shape index (κ3) is 2.36. The maximum atomic E-state index is 11.6. The highest BCUT2D eigenvalue weighted by Crippen LogP contribution is 2.31. The van der Waals surface area contributed by atoms with E-state index in [-0.39, 0.29) is 18.1 Å². The van der Waals surface area contributed by atoms with E-state index >= 15 is 0 Å². The lowest BCUT2D eigenvalue weighted by atomic mass is 10.1. The number of ether oxygens (including phenoxy) is 2. The van der Waals surface area contributed by atoms with Crippen LogP contribution in [0.1, 0.15) is 23.6 Å². The van der Waals surface area contributed by atoms with Gasteiger partial charge in [-0.3, -0.25) is 4.57 Å². The van der Waals surface area contributed by atoms with Crippen LogP contribution in [0.2, 0.25) is 0 Å². The molecule has 9 nitrogen and oxygen atoms in total. The van der Waals surface area contributed by atoms with Gasteiger partial charge in [0.25, 0.3) is 0 Å². The molecule has 2 rings (SSSR count). The van der Waals surface area contributed by atoms with Gasteiger partial charge in [0.1, 0.15) is 24.1 Å². The molecule has 0 aromatic carbocycles. The molecule has 0 amide bonds. The monoisotopic (exact) mass is 287 g/mol. The van der Waals surface area contributed by atoms with Crippen molar-refractivity contribution in [3.05, 3.63) is 12.0 Å². The lowest BCUT2D eigenvalue weighted by Gasteiger charge is -2.17. The van der Waals surface area contributed by atoms with E-state index in [1.807, 2.05) is 0 Å². The van der Waals surface area contributed by atoms with Crippen LogP contribution in [0.3, 0.4) is 0 Å². The van der Waals surface area contributed by atoms with Gasteiger partial charge in [0.15, 0.2) is 11.9 Å². The number of carbonyl (C=O) groups excluding carboxylic acids is 1. The van der Waals surface area contributed by atoms with Gasteiger partial charge < -0.3 is 30.5 Å². The number of rotatable bonds is 4. The van der Waals surface area contributed by atoms with E-state index in [1.165, 1.54) is 10.9 Å². The van der Waals surface area contributed by atoms with Crippen LogP contribution < -0.4 is 5.73 Å².